The topological polar surface area (TPSA) is 58.1 Å². The van der Waals surface area contributed by atoms with E-state index in [4.69, 9.17) is 0 Å². The highest BCUT2D eigenvalue weighted by Gasteiger charge is 2.19. The number of hydrogen-bond donors (Lipinski definition) is 1. The zero-order valence-corrected chi connectivity index (χ0v) is 14.1. The predicted molar refractivity (Wildman–Crippen MR) is 94.9 cm³/mol. The monoisotopic (exact) mass is 324 g/mol. The molecule has 1 saturated heterocycles. The maximum atomic E-state index is 12.7. The second-order valence-electron chi connectivity index (χ2n) is 6.25. The van der Waals surface area contributed by atoms with Gasteiger partial charge in [-0.1, -0.05) is 43.2 Å². The average molecular weight is 324 g/mol. The highest BCUT2D eigenvalue weighted by molar-refractivity contribution is 5.92. The number of anilines is 1. The Morgan fingerprint density at radius 3 is 2.50 bits per heavy atom. The van der Waals surface area contributed by atoms with Crippen molar-refractivity contribution in [1.82, 2.24) is 14.9 Å². The summed E-state index contributed by atoms with van der Waals surface area (Å²) in [5.74, 6) is 0.502. The van der Waals surface area contributed by atoms with Gasteiger partial charge in [0, 0.05) is 19.3 Å². The average Bonchev–Trinajstić information content (AvgIpc) is 2.91. The van der Waals surface area contributed by atoms with E-state index >= 15 is 0 Å². The molecule has 1 aliphatic rings. The van der Waals surface area contributed by atoms with Gasteiger partial charge in [0.05, 0.1) is 6.04 Å². The molecule has 24 heavy (non-hydrogen) atoms. The first-order valence-electron chi connectivity index (χ1n) is 8.68. The van der Waals surface area contributed by atoms with Crippen molar-refractivity contribution in [2.75, 3.05) is 18.4 Å². The van der Waals surface area contributed by atoms with Crippen molar-refractivity contribution >= 4 is 11.9 Å². The molecule has 3 rings (SSSR count). The first-order chi connectivity index (χ1) is 11.7. The Morgan fingerprint density at radius 2 is 1.79 bits per heavy atom. The maximum Gasteiger partial charge on any atom is 0.272 e. The molecule has 1 amide bonds. The summed E-state index contributed by atoms with van der Waals surface area (Å²) in [4.78, 5) is 23.3. The van der Waals surface area contributed by atoms with Crippen LogP contribution in [0.4, 0.5) is 5.95 Å². The summed E-state index contributed by atoms with van der Waals surface area (Å²) < 4.78 is 0. The number of amides is 1. The van der Waals surface area contributed by atoms with Gasteiger partial charge in [-0.05, 0) is 31.4 Å². The summed E-state index contributed by atoms with van der Waals surface area (Å²) in [6.07, 6.45) is 6.21. The fourth-order valence-electron chi connectivity index (χ4n) is 3.00. The minimum absolute atomic E-state index is 0.00899. The van der Waals surface area contributed by atoms with Gasteiger partial charge in [0.1, 0.15) is 5.69 Å². The third-order valence-electron chi connectivity index (χ3n) is 4.41. The molecule has 0 saturated carbocycles. The van der Waals surface area contributed by atoms with E-state index in [1.165, 1.54) is 12.8 Å². The van der Waals surface area contributed by atoms with E-state index in [1.54, 1.807) is 12.3 Å². The molecule has 1 aliphatic heterocycles. The summed E-state index contributed by atoms with van der Waals surface area (Å²) in [5.41, 5.74) is 1.63. The molecular formula is C19H24N4O. The highest BCUT2D eigenvalue weighted by atomic mass is 16.2. The van der Waals surface area contributed by atoms with E-state index in [1.807, 2.05) is 23.1 Å². The molecule has 1 fully saturated rings. The van der Waals surface area contributed by atoms with Crippen molar-refractivity contribution in [2.24, 2.45) is 0 Å². The van der Waals surface area contributed by atoms with E-state index in [-0.39, 0.29) is 11.9 Å². The summed E-state index contributed by atoms with van der Waals surface area (Å²) in [6, 6.07) is 11.9. The van der Waals surface area contributed by atoms with Gasteiger partial charge in [0.2, 0.25) is 5.95 Å². The Bertz CT molecular complexity index is 666. The Kier molecular flexibility index (Phi) is 5.41. The first kappa shape index (κ1) is 16.4. The molecule has 2 aromatic rings. The lowest BCUT2D eigenvalue weighted by Gasteiger charge is -2.20. The van der Waals surface area contributed by atoms with Gasteiger partial charge in [-0.3, -0.25) is 4.79 Å². The van der Waals surface area contributed by atoms with Gasteiger partial charge in [0.25, 0.3) is 5.91 Å². The molecule has 0 radical (unpaired) electrons. The van der Waals surface area contributed by atoms with Crippen molar-refractivity contribution in [3.8, 4) is 0 Å². The van der Waals surface area contributed by atoms with Crippen molar-refractivity contribution in [2.45, 2.75) is 38.6 Å². The van der Waals surface area contributed by atoms with E-state index < -0.39 is 0 Å². The second kappa shape index (κ2) is 7.90. The van der Waals surface area contributed by atoms with Crippen molar-refractivity contribution < 1.29 is 4.79 Å². The molecule has 1 N–H and O–H groups in total. The summed E-state index contributed by atoms with van der Waals surface area (Å²) in [7, 11) is 0. The van der Waals surface area contributed by atoms with Crippen LogP contribution in [0.2, 0.25) is 0 Å². The summed E-state index contributed by atoms with van der Waals surface area (Å²) >= 11 is 0. The molecule has 0 bridgehead atoms. The zero-order chi connectivity index (χ0) is 16.8. The zero-order valence-electron chi connectivity index (χ0n) is 14.1. The number of carbonyl (C=O) groups excluding carboxylic acids is 1. The molecule has 1 unspecified atom stereocenters. The molecule has 0 spiro atoms. The normalized spacial score (nSPS) is 16.3. The lowest BCUT2D eigenvalue weighted by Crippen LogP contribution is -2.32. The standard InChI is InChI=1S/C19H24N4O/c1-15(16-9-5-4-6-10-16)21-19-20-12-11-17(22-19)18(24)23-13-7-2-3-8-14-23/h4-6,9-12,15H,2-3,7-8,13-14H2,1H3,(H,20,21,22). The van der Waals surface area contributed by atoms with Crippen LogP contribution >= 0.6 is 0 Å². The number of carbonyl (C=O) groups is 1. The van der Waals surface area contributed by atoms with E-state index in [2.05, 4.69) is 34.3 Å². The van der Waals surface area contributed by atoms with Gasteiger partial charge in [-0.2, -0.15) is 0 Å². The van der Waals surface area contributed by atoms with Gasteiger partial charge in [-0.25, -0.2) is 9.97 Å². The first-order valence-corrected chi connectivity index (χ1v) is 8.68. The van der Waals surface area contributed by atoms with Crippen molar-refractivity contribution in [1.29, 1.82) is 0 Å². The smallest absolute Gasteiger partial charge is 0.272 e. The van der Waals surface area contributed by atoms with Crippen LogP contribution in [-0.4, -0.2) is 33.9 Å². The van der Waals surface area contributed by atoms with Crippen LogP contribution in [0.5, 0.6) is 0 Å². The Balaban J connectivity index is 1.70. The fraction of sp³-hybridized carbons (Fsp3) is 0.421. The number of nitrogens with one attached hydrogen (secondary N) is 1. The third-order valence-corrected chi connectivity index (χ3v) is 4.41. The summed E-state index contributed by atoms with van der Waals surface area (Å²) in [6.45, 7) is 3.71. The SMILES string of the molecule is CC(Nc1nccc(C(=O)N2CCCCCC2)n1)c1ccccc1. The van der Waals surface area contributed by atoms with E-state index in [9.17, 15) is 4.79 Å². The van der Waals surface area contributed by atoms with Gasteiger partial charge in [-0.15, -0.1) is 0 Å². The third kappa shape index (κ3) is 4.10. The number of likely N-dealkylation sites (tertiary alicyclic amines) is 1. The van der Waals surface area contributed by atoms with Crippen LogP contribution in [0.25, 0.3) is 0 Å². The van der Waals surface area contributed by atoms with Gasteiger partial charge < -0.3 is 10.2 Å². The van der Waals surface area contributed by atoms with Crippen molar-refractivity contribution in [3.05, 3.63) is 53.9 Å². The van der Waals surface area contributed by atoms with Crippen LogP contribution in [0, 0.1) is 0 Å². The second-order valence-corrected chi connectivity index (χ2v) is 6.25. The number of hydrogen-bond acceptors (Lipinski definition) is 4. The molecule has 1 aromatic heterocycles. The molecule has 1 aromatic carbocycles. The maximum absolute atomic E-state index is 12.7. The molecule has 0 aliphatic carbocycles. The van der Waals surface area contributed by atoms with Gasteiger partial charge >= 0.3 is 0 Å². The molecule has 5 nitrogen and oxygen atoms in total. The lowest BCUT2D eigenvalue weighted by atomic mass is 10.1. The van der Waals surface area contributed by atoms with Gasteiger partial charge in [0.15, 0.2) is 0 Å². The number of rotatable bonds is 4. The number of aromatic nitrogens is 2. The van der Waals surface area contributed by atoms with Crippen LogP contribution in [-0.2, 0) is 0 Å². The molecule has 126 valence electrons. The number of benzene rings is 1. The van der Waals surface area contributed by atoms with Crippen molar-refractivity contribution in [3.63, 3.8) is 0 Å². The van der Waals surface area contributed by atoms with E-state index in [0.29, 0.717) is 11.6 Å². The highest BCUT2D eigenvalue weighted by Crippen LogP contribution is 2.17. The minimum atomic E-state index is 0.00899. The minimum Gasteiger partial charge on any atom is -0.348 e. The van der Waals surface area contributed by atoms with E-state index in [0.717, 1.165) is 31.5 Å². The lowest BCUT2D eigenvalue weighted by molar-refractivity contribution is 0.0755. The predicted octanol–water partition coefficient (Wildman–Crippen LogP) is 3.67. The quantitative estimate of drug-likeness (QED) is 0.932. The van der Waals surface area contributed by atoms with Crippen LogP contribution < -0.4 is 5.32 Å². The summed E-state index contributed by atoms with van der Waals surface area (Å²) in [5, 5.41) is 3.28. The molecule has 5 heteroatoms. The Hall–Kier alpha value is -2.43. The van der Waals surface area contributed by atoms with Crippen LogP contribution in [0.15, 0.2) is 42.6 Å². The number of nitrogens with zero attached hydrogens (tertiary/aromatic N) is 3. The Labute approximate surface area is 143 Å². The Morgan fingerprint density at radius 1 is 1.08 bits per heavy atom. The largest absolute Gasteiger partial charge is 0.348 e. The van der Waals surface area contributed by atoms with Crippen LogP contribution in [0.3, 0.4) is 0 Å². The molecular weight excluding hydrogens is 300 g/mol. The van der Waals surface area contributed by atoms with Crippen LogP contribution in [0.1, 0.15) is 54.7 Å². The molecule has 1 atom stereocenters. The fourth-order valence-corrected chi connectivity index (χ4v) is 3.00. The molecule has 2 heterocycles.